The Bertz CT molecular complexity index is 582. The van der Waals surface area contributed by atoms with Gasteiger partial charge in [0.25, 0.3) is 0 Å². The Morgan fingerprint density at radius 2 is 2.11 bits per heavy atom. The number of aromatic nitrogens is 4. The second kappa shape index (κ2) is 5.71. The van der Waals surface area contributed by atoms with Crippen LogP contribution in [0.25, 0.3) is 0 Å². The molecule has 2 rings (SSSR count). The van der Waals surface area contributed by atoms with Crippen LogP contribution in [0.1, 0.15) is 21.7 Å². The standard InChI is InChI=1S/C11H11N5O3/c17-10(12-6-9-13-15-16-14-9)5-7-3-1-2-4-8(7)11(18)19/h1-4H,5-6H2,(H,12,17)(H,18,19)(H,13,14,15,16). The molecule has 0 radical (unpaired) electrons. The molecule has 1 heterocycles. The van der Waals surface area contributed by atoms with Gasteiger partial charge in [-0.25, -0.2) is 4.79 Å². The summed E-state index contributed by atoms with van der Waals surface area (Å²) in [6.45, 7) is 0.143. The predicted octanol–water partition coefficient (Wildman–Crippen LogP) is -0.243. The molecule has 0 saturated carbocycles. The fourth-order valence-corrected chi connectivity index (χ4v) is 1.55. The van der Waals surface area contributed by atoms with Gasteiger partial charge in [-0.1, -0.05) is 23.4 Å². The van der Waals surface area contributed by atoms with Gasteiger partial charge in [0, 0.05) is 0 Å². The van der Waals surface area contributed by atoms with Gasteiger partial charge in [0.05, 0.1) is 18.5 Å². The number of nitrogens with one attached hydrogen (secondary N) is 2. The van der Waals surface area contributed by atoms with Crippen LogP contribution in [-0.2, 0) is 17.8 Å². The van der Waals surface area contributed by atoms with E-state index < -0.39 is 5.97 Å². The molecule has 0 bridgehead atoms. The number of benzene rings is 1. The Balaban J connectivity index is 1.97. The summed E-state index contributed by atoms with van der Waals surface area (Å²) in [4.78, 5) is 22.7. The zero-order valence-electron chi connectivity index (χ0n) is 9.83. The first kappa shape index (κ1) is 12.7. The fraction of sp³-hybridized carbons (Fsp3) is 0.182. The third-order valence-corrected chi connectivity index (χ3v) is 2.43. The van der Waals surface area contributed by atoms with E-state index in [1.54, 1.807) is 18.2 Å². The Morgan fingerprint density at radius 1 is 1.32 bits per heavy atom. The molecule has 0 aliphatic rings. The maximum absolute atomic E-state index is 11.7. The third kappa shape index (κ3) is 3.35. The van der Waals surface area contributed by atoms with Crippen molar-refractivity contribution in [2.45, 2.75) is 13.0 Å². The maximum Gasteiger partial charge on any atom is 0.335 e. The highest BCUT2D eigenvalue weighted by molar-refractivity contribution is 5.91. The lowest BCUT2D eigenvalue weighted by Gasteiger charge is -2.05. The van der Waals surface area contributed by atoms with Crippen LogP contribution < -0.4 is 5.32 Å². The Hall–Kier alpha value is -2.77. The summed E-state index contributed by atoms with van der Waals surface area (Å²) in [7, 11) is 0. The number of aromatic amines is 1. The SMILES string of the molecule is O=C(Cc1ccccc1C(=O)O)NCc1nn[nH]n1. The second-order valence-electron chi connectivity index (χ2n) is 3.74. The predicted molar refractivity (Wildman–Crippen MR) is 63.1 cm³/mol. The number of hydrogen-bond acceptors (Lipinski definition) is 5. The van der Waals surface area contributed by atoms with E-state index in [1.807, 2.05) is 0 Å². The van der Waals surface area contributed by atoms with Gasteiger partial charge in [0.1, 0.15) is 0 Å². The molecule has 1 amide bonds. The minimum Gasteiger partial charge on any atom is -0.478 e. The Labute approximate surface area is 107 Å². The number of tetrazole rings is 1. The number of hydrogen-bond donors (Lipinski definition) is 3. The van der Waals surface area contributed by atoms with Crippen molar-refractivity contribution in [3.8, 4) is 0 Å². The molecule has 1 aromatic carbocycles. The molecule has 0 spiro atoms. The molecule has 8 nitrogen and oxygen atoms in total. The van der Waals surface area contributed by atoms with Gasteiger partial charge in [0.15, 0.2) is 5.82 Å². The first-order valence-corrected chi connectivity index (χ1v) is 5.47. The molecule has 0 fully saturated rings. The van der Waals surface area contributed by atoms with Crippen LogP contribution in [0.5, 0.6) is 0 Å². The topological polar surface area (TPSA) is 121 Å². The average molecular weight is 261 g/mol. The molecule has 0 atom stereocenters. The van der Waals surface area contributed by atoms with Crippen molar-refractivity contribution in [3.63, 3.8) is 0 Å². The van der Waals surface area contributed by atoms with Gasteiger partial charge in [0.2, 0.25) is 5.91 Å². The van der Waals surface area contributed by atoms with E-state index >= 15 is 0 Å². The van der Waals surface area contributed by atoms with Crippen LogP contribution in [0.3, 0.4) is 0 Å². The van der Waals surface area contributed by atoms with Crippen LogP contribution in [0.4, 0.5) is 0 Å². The number of carboxylic acid groups (broad SMARTS) is 1. The fourth-order valence-electron chi connectivity index (χ4n) is 1.55. The van der Waals surface area contributed by atoms with Crippen molar-refractivity contribution in [1.82, 2.24) is 25.9 Å². The van der Waals surface area contributed by atoms with Crippen molar-refractivity contribution < 1.29 is 14.7 Å². The van der Waals surface area contributed by atoms with Crippen LogP contribution in [0, 0.1) is 0 Å². The molecule has 0 unspecified atom stereocenters. The summed E-state index contributed by atoms with van der Waals surface area (Å²) in [5.74, 6) is -1.00. The van der Waals surface area contributed by atoms with Crippen LogP contribution in [0.15, 0.2) is 24.3 Å². The number of carboxylic acids is 1. The molecular formula is C11H11N5O3. The summed E-state index contributed by atoms with van der Waals surface area (Å²) < 4.78 is 0. The third-order valence-electron chi connectivity index (χ3n) is 2.43. The van der Waals surface area contributed by atoms with Crippen LogP contribution in [-0.4, -0.2) is 37.6 Å². The number of rotatable bonds is 5. The lowest BCUT2D eigenvalue weighted by Crippen LogP contribution is -2.25. The van der Waals surface area contributed by atoms with E-state index in [1.165, 1.54) is 6.07 Å². The number of H-pyrrole nitrogens is 1. The molecule has 0 aliphatic carbocycles. The van der Waals surface area contributed by atoms with Gasteiger partial charge < -0.3 is 10.4 Å². The van der Waals surface area contributed by atoms with Gasteiger partial charge in [-0.3, -0.25) is 4.79 Å². The van der Waals surface area contributed by atoms with Crippen LogP contribution in [0.2, 0.25) is 0 Å². The molecule has 0 saturated heterocycles. The molecule has 19 heavy (non-hydrogen) atoms. The molecule has 2 aromatic rings. The van der Waals surface area contributed by atoms with Gasteiger partial charge in [-0.15, -0.1) is 10.2 Å². The first-order valence-electron chi connectivity index (χ1n) is 5.47. The first-order chi connectivity index (χ1) is 9.16. The van der Waals surface area contributed by atoms with Gasteiger partial charge in [-0.2, -0.15) is 5.21 Å². The van der Waals surface area contributed by atoms with E-state index in [2.05, 4.69) is 25.9 Å². The van der Waals surface area contributed by atoms with Crippen molar-refractivity contribution in [2.24, 2.45) is 0 Å². The van der Waals surface area contributed by atoms with E-state index in [0.29, 0.717) is 11.4 Å². The molecule has 3 N–H and O–H groups in total. The van der Waals surface area contributed by atoms with E-state index in [9.17, 15) is 9.59 Å². The lowest BCUT2D eigenvalue weighted by molar-refractivity contribution is -0.120. The number of amides is 1. The highest BCUT2D eigenvalue weighted by atomic mass is 16.4. The summed E-state index contributed by atoms with van der Waals surface area (Å²) >= 11 is 0. The van der Waals surface area contributed by atoms with Crippen molar-refractivity contribution in [3.05, 3.63) is 41.2 Å². The number of aromatic carboxylic acids is 1. The average Bonchev–Trinajstić information content (AvgIpc) is 2.90. The normalized spacial score (nSPS) is 10.1. The summed E-state index contributed by atoms with van der Waals surface area (Å²) in [5, 5.41) is 24.6. The Morgan fingerprint density at radius 3 is 2.79 bits per heavy atom. The Kier molecular flexibility index (Phi) is 3.81. The highest BCUT2D eigenvalue weighted by Gasteiger charge is 2.12. The van der Waals surface area contributed by atoms with Crippen molar-refractivity contribution >= 4 is 11.9 Å². The summed E-state index contributed by atoms with van der Waals surface area (Å²) in [6, 6.07) is 6.37. The quantitative estimate of drug-likeness (QED) is 0.682. The zero-order valence-corrected chi connectivity index (χ0v) is 9.83. The summed E-state index contributed by atoms with van der Waals surface area (Å²) in [5.41, 5.74) is 0.581. The smallest absolute Gasteiger partial charge is 0.335 e. The molecule has 8 heteroatoms. The molecule has 0 aliphatic heterocycles. The van der Waals surface area contributed by atoms with Crippen LogP contribution >= 0.6 is 0 Å². The zero-order chi connectivity index (χ0) is 13.7. The second-order valence-corrected chi connectivity index (χ2v) is 3.74. The maximum atomic E-state index is 11.7. The largest absolute Gasteiger partial charge is 0.478 e. The van der Waals surface area contributed by atoms with E-state index in [-0.39, 0.29) is 24.4 Å². The lowest BCUT2D eigenvalue weighted by atomic mass is 10.0. The summed E-state index contributed by atoms with van der Waals surface area (Å²) in [6.07, 6.45) is -0.0136. The highest BCUT2D eigenvalue weighted by Crippen LogP contribution is 2.09. The van der Waals surface area contributed by atoms with Gasteiger partial charge >= 0.3 is 5.97 Å². The van der Waals surface area contributed by atoms with Gasteiger partial charge in [-0.05, 0) is 11.6 Å². The van der Waals surface area contributed by atoms with E-state index in [0.717, 1.165) is 0 Å². The number of carbonyl (C=O) groups excluding carboxylic acids is 1. The minimum atomic E-state index is -1.05. The van der Waals surface area contributed by atoms with Crippen molar-refractivity contribution in [1.29, 1.82) is 0 Å². The minimum absolute atomic E-state index is 0.0136. The number of nitrogens with zero attached hydrogens (tertiary/aromatic N) is 3. The van der Waals surface area contributed by atoms with E-state index in [4.69, 9.17) is 5.11 Å². The monoisotopic (exact) mass is 261 g/mol. The molecular weight excluding hydrogens is 250 g/mol. The molecule has 98 valence electrons. The molecule has 1 aromatic heterocycles. The van der Waals surface area contributed by atoms with Crippen molar-refractivity contribution in [2.75, 3.05) is 0 Å². The number of carbonyl (C=O) groups is 2.